The van der Waals surface area contributed by atoms with E-state index in [0.717, 1.165) is 6.42 Å². The van der Waals surface area contributed by atoms with Crippen LogP contribution in [-0.4, -0.2) is 45.3 Å². The van der Waals surface area contributed by atoms with E-state index in [1.165, 1.54) is 87.4 Å². The lowest BCUT2D eigenvalue weighted by molar-refractivity contribution is -0.927. The van der Waals surface area contributed by atoms with Crippen LogP contribution in [0.4, 0.5) is 5.69 Å². The Morgan fingerprint density at radius 2 is 1.54 bits per heavy atom. The van der Waals surface area contributed by atoms with Crippen LogP contribution < -0.4 is 21.7 Å². The third-order valence-electron chi connectivity index (χ3n) is 5.36. The standard InChI is InChI=1S/C20H35N2O2S.BrH/c1-3-4-15-22(16-7-5-6-8-17-22)18-9-10-19-11-13-20(14-12-19)21-25(2,23)24;/h11-14,21H,3-10,15-18H2,1-2H3;1H/q+1;/p-1. The second-order valence-electron chi connectivity index (χ2n) is 7.68. The van der Waals surface area contributed by atoms with Gasteiger partial charge in [-0.1, -0.05) is 25.5 Å². The van der Waals surface area contributed by atoms with Crippen LogP contribution in [0.1, 0.15) is 57.4 Å². The molecule has 0 aromatic heterocycles. The molecule has 0 bridgehead atoms. The molecule has 1 aliphatic rings. The molecule has 0 atom stereocenters. The van der Waals surface area contributed by atoms with Gasteiger partial charge < -0.3 is 21.5 Å². The number of benzene rings is 1. The smallest absolute Gasteiger partial charge is 0.229 e. The average molecular weight is 447 g/mol. The van der Waals surface area contributed by atoms with Crippen LogP contribution in [0.2, 0.25) is 0 Å². The molecule has 150 valence electrons. The number of sulfonamides is 1. The number of quaternary nitrogens is 1. The molecule has 1 heterocycles. The number of hydrogen-bond donors (Lipinski definition) is 1. The Balaban J connectivity index is 0.00000338. The zero-order valence-corrected chi connectivity index (χ0v) is 18.7. The van der Waals surface area contributed by atoms with Crippen molar-refractivity contribution in [2.45, 2.75) is 58.3 Å². The molecule has 1 aliphatic heterocycles. The quantitative estimate of drug-likeness (QED) is 0.578. The van der Waals surface area contributed by atoms with Gasteiger partial charge in [0.1, 0.15) is 0 Å². The number of rotatable bonds is 9. The number of unbranched alkanes of at least 4 members (excludes halogenated alkanes) is 1. The van der Waals surface area contributed by atoms with Crippen molar-refractivity contribution >= 4 is 15.7 Å². The Bertz CT molecular complexity index is 609. The molecule has 26 heavy (non-hydrogen) atoms. The van der Waals surface area contributed by atoms with E-state index in [1.807, 2.05) is 24.3 Å². The Hall–Kier alpha value is -0.590. The van der Waals surface area contributed by atoms with Gasteiger partial charge in [-0.05, 0) is 56.2 Å². The molecule has 0 saturated carbocycles. The van der Waals surface area contributed by atoms with Crippen molar-refractivity contribution in [2.24, 2.45) is 0 Å². The second kappa shape index (κ2) is 11.3. The molecule has 0 unspecified atom stereocenters. The molecule has 1 aromatic rings. The van der Waals surface area contributed by atoms with Gasteiger partial charge >= 0.3 is 0 Å². The molecular formula is C20H35BrN2O2S. The minimum Gasteiger partial charge on any atom is -1.00 e. The molecule has 0 amide bonds. The topological polar surface area (TPSA) is 46.2 Å². The van der Waals surface area contributed by atoms with Crippen LogP contribution in [0.25, 0.3) is 0 Å². The Kier molecular flexibility index (Phi) is 10.2. The second-order valence-corrected chi connectivity index (χ2v) is 9.43. The monoisotopic (exact) mass is 446 g/mol. The summed E-state index contributed by atoms with van der Waals surface area (Å²) in [6, 6.07) is 7.83. The number of hydrogen-bond acceptors (Lipinski definition) is 2. The third kappa shape index (κ3) is 8.40. The number of anilines is 1. The predicted octanol–water partition coefficient (Wildman–Crippen LogP) is 1.19. The fraction of sp³-hybridized carbons (Fsp3) is 0.700. The maximum Gasteiger partial charge on any atom is 0.229 e. The normalized spacial score (nSPS) is 17.2. The lowest BCUT2D eigenvalue weighted by Gasteiger charge is -2.38. The van der Waals surface area contributed by atoms with Crippen molar-refractivity contribution in [3.8, 4) is 0 Å². The fourth-order valence-electron chi connectivity index (χ4n) is 3.98. The van der Waals surface area contributed by atoms with Gasteiger partial charge in [0.2, 0.25) is 10.0 Å². The zero-order valence-electron chi connectivity index (χ0n) is 16.3. The number of aryl methyl sites for hydroxylation is 1. The Morgan fingerprint density at radius 1 is 0.962 bits per heavy atom. The first-order valence-electron chi connectivity index (χ1n) is 9.84. The van der Waals surface area contributed by atoms with E-state index in [1.54, 1.807) is 0 Å². The van der Waals surface area contributed by atoms with Crippen LogP contribution in [0.15, 0.2) is 24.3 Å². The summed E-state index contributed by atoms with van der Waals surface area (Å²) in [6.07, 6.45) is 11.7. The van der Waals surface area contributed by atoms with E-state index in [-0.39, 0.29) is 17.0 Å². The summed E-state index contributed by atoms with van der Waals surface area (Å²) >= 11 is 0. The van der Waals surface area contributed by atoms with Gasteiger partial charge in [-0.3, -0.25) is 4.72 Å². The van der Waals surface area contributed by atoms with Gasteiger partial charge in [0.05, 0.1) is 32.4 Å². The van der Waals surface area contributed by atoms with Crippen molar-refractivity contribution in [1.29, 1.82) is 0 Å². The molecule has 0 aliphatic carbocycles. The van der Waals surface area contributed by atoms with Crippen LogP contribution in [0.3, 0.4) is 0 Å². The van der Waals surface area contributed by atoms with E-state index in [9.17, 15) is 8.42 Å². The van der Waals surface area contributed by atoms with Crippen LogP contribution in [0, 0.1) is 0 Å². The summed E-state index contributed by atoms with van der Waals surface area (Å²) < 4.78 is 26.4. The highest BCUT2D eigenvalue weighted by Gasteiger charge is 2.27. The average Bonchev–Trinajstić information content (AvgIpc) is 2.79. The molecule has 1 saturated heterocycles. The van der Waals surface area contributed by atoms with E-state index in [0.29, 0.717) is 5.69 Å². The third-order valence-corrected chi connectivity index (χ3v) is 5.96. The minimum absolute atomic E-state index is 0. The Morgan fingerprint density at radius 3 is 2.08 bits per heavy atom. The molecule has 6 heteroatoms. The molecule has 0 radical (unpaired) electrons. The van der Waals surface area contributed by atoms with E-state index in [4.69, 9.17) is 0 Å². The molecule has 2 rings (SSSR count). The van der Waals surface area contributed by atoms with E-state index < -0.39 is 10.0 Å². The zero-order chi connectivity index (χ0) is 18.2. The van der Waals surface area contributed by atoms with Gasteiger partial charge in [0, 0.05) is 12.1 Å². The highest BCUT2D eigenvalue weighted by atomic mass is 79.9. The first kappa shape index (κ1) is 23.4. The van der Waals surface area contributed by atoms with Gasteiger partial charge in [0.15, 0.2) is 0 Å². The maximum atomic E-state index is 11.3. The number of nitrogens with one attached hydrogen (secondary N) is 1. The van der Waals surface area contributed by atoms with Crippen molar-refractivity contribution in [3.63, 3.8) is 0 Å². The van der Waals surface area contributed by atoms with Gasteiger partial charge in [0.25, 0.3) is 0 Å². The van der Waals surface area contributed by atoms with Crippen LogP contribution in [-0.2, 0) is 16.4 Å². The van der Waals surface area contributed by atoms with E-state index in [2.05, 4.69) is 11.6 Å². The molecule has 0 spiro atoms. The van der Waals surface area contributed by atoms with Crippen molar-refractivity contribution in [2.75, 3.05) is 37.2 Å². The van der Waals surface area contributed by atoms with Crippen LogP contribution >= 0.6 is 0 Å². The fourth-order valence-corrected chi connectivity index (χ4v) is 4.55. The predicted molar refractivity (Wildman–Crippen MR) is 106 cm³/mol. The molecular weight excluding hydrogens is 412 g/mol. The lowest BCUT2D eigenvalue weighted by Crippen LogP contribution is -3.00. The molecule has 1 aromatic carbocycles. The summed E-state index contributed by atoms with van der Waals surface area (Å²) in [5.74, 6) is 0. The summed E-state index contributed by atoms with van der Waals surface area (Å²) in [7, 11) is -3.19. The van der Waals surface area contributed by atoms with Gasteiger partial charge in [-0.15, -0.1) is 0 Å². The first-order valence-corrected chi connectivity index (χ1v) is 11.7. The highest BCUT2D eigenvalue weighted by molar-refractivity contribution is 7.92. The SMILES string of the molecule is CCCC[N+]1(CCCc2ccc(NS(C)(=O)=O)cc2)CCCCCC1.[Br-]. The summed E-state index contributed by atoms with van der Waals surface area (Å²) in [5, 5.41) is 0. The first-order chi connectivity index (χ1) is 11.9. The highest BCUT2D eigenvalue weighted by Crippen LogP contribution is 2.21. The number of nitrogens with zero attached hydrogens (tertiary/aromatic N) is 1. The lowest BCUT2D eigenvalue weighted by atomic mass is 10.1. The molecule has 1 fully saturated rings. The summed E-state index contributed by atoms with van der Waals surface area (Å²) in [4.78, 5) is 0. The largest absolute Gasteiger partial charge is 1.00 e. The molecule has 1 N–H and O–H groups in total. The van der Waals surface area contributed by atoms with Crippen molar-refractivity contribution < 1.29 is 29.9 Å². The Labute approximate surface area is 170 Å². The van der Waals surface area contributed by atoms with Crippen molar-refractivity contribution in [3.05, 3.63) is 29.8 Å². The number of halogens is 1. The molecule has 4 nitrogen and oxygen atoms in total. The van der Waals surface area contributed by atoms with Crippen molar-refractivity contribution in [1.82, 2.24) is 0 Å². The minimum atomic E-state index is -3.19. The maximum absolute atomic E-state index is 11.3. The van der Waals surface area contributed by atoms with E-state index >= 15 is 0 Å². The number of likely N-dealkylation sites (tertiary alicyclic amines) is 1. The summed E-state index contributed by atoms with van der Waals surface area (Å²) in [6.45, 7) is 7.63. The van der Waals surface area contributed by atoms with Gasteiger partial charge in [-0.2, -0.15) is 0 Å². The summed E-state index contributed by atoms with van der Waals surface area (Å²) in [5.41, 5.74) is 1.94. The van der Waals surface area contributed by atoms with Gasteiger partial charge in [-0.25, -0.2) is 8.42 Å². The van der Waals surface area contributed by atoms with Crippen LogP contribution in [0.5, 0.6) is 0 Å².